The average molecular weight is 213 g/mol. The molecule has 3 atom stereocenters. The van der Waals surface area contributed by atoms with Crippen LogP contribution < -0.4 is 0 Å². The lowest BCUT2D eigenvalue weighted by Crippen LogP contribution is -2.22. The van der Waals surface area contributed by atoms with Gasteiger partial charge in [-0.2, -0.15) is 0 Å². The molecule has 1 aromatic heterocycles. The second kappa shape index (κ2) is 4.26. The highest BCUT2D eigenvalue weighted by molar-refractivity contribution is 4.98. The molecule has 0 amide bonds. The summed E-state index contributed by atoms with van der Waals surface area (Å²) in [5.41, 5.74) is 0.539. The molecule has 6 nitrogen and oxygen atoms in total. The fourth-order valence-corrected chi connectivity index (χ4v) is 1.60. The van der Waals surface area contributed by atoms with Crippen LogP contribution in [0.5, 0.6) is 0 Å². The minimum absolute atomic E-state index is 0.185. The summed E-state index contributed by atoms with van der Waals surface area (Å²) in [4.78, 5) is 0. The van der Waals surface area contributed by atoms with Crippen LogP contribution in [0.2, 0.25) is 0 Å². The fourth-order valence-electron chi connectivity index (χ4n) is 1.60. The number of aliphatic hydroxyl groups excluding tert-OH is 2. The van der Waals surface area contributed by atoms with E-state index in [0.29, 0.717) is 25.3 Å². The van der Waals surface area contributed by atoms with E-state index in [9.17, 15) is 10.2 Å². The van der Waals surface area contributed by atoms with Crippen molar-refractivity contribution >= 4 is 0 Å². The Hall–Kier alpha value is -0.980. The minimum atomic E-state index is -0.585. The second-order valence-corrected chi connectivity index (χ2v) is 3.72. The number of ether oxygens (including phenoxy) is 1. The van der Waals surface area contributed by atoms with Gasteiger partial charge >= 0.3 is 0 Å². The molecule has 1 aliphatic rings. The first-order valence-corrected chi connectivity index (χ1v) is 5.08. The average Bonchev–Trinajstić information content (AvgIpc) is 2.84. The molecule has 0 bridgehead atoms. The fraction of sp³-hybridized carbons (Fsp3) is 0.778. The predicted octanol–water partition coefficient (Wildman–Crippen LogP) is -0.346. The van der Waals surface area contributed by atoms with E-state index < -0.39 is 12.2 Å². The lowest BCUT2D eigenvalue weighted by atomic mass is 10.2. The van der Waals surface area contributed by atoms with Crippen molar-refractivity contribution in [2.75, 3.05) is 13.2 Å². The minimum Gasteiger partial charge on any atom is -0.388 e. The first kappa shape index (κ1) is 10.5. The SMILES string of the molecule is CCC(O)c1cn([C@@H]2COC[C@H]2O)nn1. The first-order valence-electron chi connectivity index (χ1n) is 5.08. The molecule has 6 heteroatoms. The van der Waals surface area contributed by atoms with Crippen LogP contribution in [0.25, 0.3) is 0 Å². The smallest absolute Gasteiger partial charge is 0.111 e. The summed E-state index contributed by atoms with van der Waals surface area (Å²) in [6, 6.07) is -0.185. The third-order valence-corrected chi connectivity index (χ3v) is 2.62. The molecule has 2 N–H and O–H groups in total. The van der Waals surface area contributed by atoms with E-state index in [1.54, 1.807) is 10.9 Å². The number of rotatable bonds is 3. The Labute approximate surface area is 87.5 Å². The van der Waals surface area contributed by atoms with Gasteiger partial charge in [-0.3, -0.25) is 0 Å². The standard InChI is InChI=1S/C9H15N3O3/c1-2-8(13)6-3-12(11-10-6)7-4-15-5-9(7)14/h3,7-9,13-14H,2,4-5H2,1H3/t7-,8?,9-/m1/s1. The molecule has 84 valence electrons. The van der Waals surface area contributed by atoms with Gasteiger partial charge in [0, 0.05) is 0 Å². The van der Waals surface area contributed by atoms with Crippen LogP contribution in [0.4, 0.5) is 0 Å². The van der Waals surface area contributed by atoms with Crippen LogP contribution in [-0.2, 0) is 4.74 Å². The van der Waals surface area contributed by atoms with Crippen LogP contribution in [0.15, 0.2) is 6.20 Å². The Morgan fingerprint density at radius 3 is 3.07 bits per heavy atom. The normalized spacial score (nSPS) is 28.2. The number of aromatic nitrogens is 3. The monoisotopic (exact) mass is 213 g/mol. The summed E-state index contributed by atoms with van der Waals surface area (Å²) < 4.78 is 6.68. The van der Waals surface area contributed by atoms with Crippen molar-refractivity contribution in [2.24, 2.45) is 0 Å². The third kappa shape index (κ3) is 2.01. The molecule has 2 heterocycles. The molecular formula is C9H15N3O3. The van der Waals surface area contributed by atoms with Crippen molar-refractivity contribution in [3.8, 4) is 0 Å². The van der Waals surface area contributed by atoms with Gasteiger partial charge in [-0.25, -0.2) is 4.68 Å². The van der Waals surface area contributed by atoms with Gasteiger partial charge < -0.3 is 14.9 Å². The van der Waals surface area contributed by atoms with Crippen LogP contribution in [0.3, 0.4) is 0 Å². The number of aliphatic hydroxyl groups is 2. The predicted molar refractivity (Wildman–Crippen MR) is 51.1 cm³/mol. The van der Waals surface area contributed by atoms with Crippen molar-refractivity contribution in [1.29, 1.82) is 0 Å². The zero-order chi connectivity index (χ0) is 10.8. The molecule has 0 spiro atoms. The molecule has 1 saturated heterocycles. The molecule has 1 aromatic rings. The second-order valence-electron chi connectivity index (χ2n) is 3.72. The van der Waals surface area contributed by atoms with E-state index in [2.05, 4.69) is 10.3 Å². The third-order valence-electron chi connectivity index (χ3n) is 2.62. The maximum atomic E-state index is 9.57. The van der Waals surface area contributed by atoms with E-state index in [1.807, 2.05) is 6.92 Å². The van der Waals surface area contributed by atoms with Crippen molar-refractivity contribution in [1.82, 2.24) is 15.0 Å². The summed E-state index contributed by atoms with van der Waals surface area (Å²) in [5, 5.41) is 26.9. The van der Waals surface area contributed by atoms with E-state index >= 15 is 0 Å². The van der Waals surface area contributed by atoms with E-state index in [0.717, 1.165) is 0 Å². The molecule has 2 rings (SSSR count). The lowest BCUT2D eigenvalue weighted by molar-refractivity contribution is 0.117. The summed E-state index contributed by atoms with van der Waals surface area (Å²) in [7, 11) is 0. The number of hydrogen-bond acceptors (Lipinski definition) is 5. The van der Waals surface area contributed by atoms with E-state index in [1.165, 1.54) is 0 Å². The van der Waals surface area contributed by atoms with Crippen molar-refractivity contribution < 1.29 is 14.9 Å². The molecule has 0 aromatic carbocycles. The highest BCUT2D eigenvalue weighted by Gasteiger charge is 2.29. The summed E-state index contributed by atoms with van der Waals surface area (Å²) in [6.45, 7) is 2.64. The zero-order valence-corrected chi connectivity index (χ0v) is 8.58. The molecule has 0 radical (unpaired) electrons. The largest absolute Gasteiger partial charge is 0.388 e. The molecule has 0 saturated carbocycles. The summed E-state index contributed by atoms with van der Waals surface area (Å²) in [5.74, 6) is 0. The van der Waals surface area contributed by atoms with Gasteiger partial charge in [0.2, 0.25) is 0 Å². The van der Waals surface area contributed by atoms with E-state index in [-0.39, 0.29) is 6.04 Å². The van der Waals surface area contributed by atoms with Crippen molar-refractivity contribution in [2.45, 2.75) is 31.6 Å². The maximum Gasteiger partial charge on any atom is 0.111 e. The molecular weight excluding hydrogens is 198 g/mol. The quantitative estimate of drug-likeness (QED) is 0.717. The van der Waals surface area contributed by atoms with Gasteiger partial charge in [-0.1, -0.05) is 12.1 Å². The Morgan fingerprint density at radius 1 is 1.67 bits per heavy atom. The van der Waals surface area contributed by atoms with Gasteiger partial charge in [0.25, 0.3) is 0 Å². The molecule has 0 aliphatic carbocycles. The van der Waals surface area contributed by atoms with E-state index in [4.69, 9.17) is 4.74 Å². The highest BCUT2D eigenvalue weighted by Crippen LogP contribution is 2.20. The van der Waals surface area contributed by atoms with Gasteiger partial charge in [0.05, 0.1) is 25.5 Å². The van der Waals surface area contributed by atoms with Crippen LogP contribution >= 0.6 is 0 Å². The Kier molecular flexibility index (Phi) is 2.99. The Morgan fingerprint density at radius 2 is 2.47 bits per heavy atom. The molecule has 1 aliphatic heterocycles. The summed E-state index contributed by atoms with van der Waals surface area (Å²) in [6.07, 6.45) is 1.13. The Balaban J connectivity index is 2.12. The topological polar surface area (TPSA) is 80.4 Å². The van der Waals surface area contributed by atoms with Gasteiger partial charge in [0.1, 0.15) is 17.8 Å². The molecule has 15 heavy (non-hydrogen) atoms. The van der Waals surface area contributed by atoms with Crippen LogP contribution in [0, 0.1) is 0 Å². The van der Waals surface area contributed by atoms with Gasteiger partial charge in [-0.15, -0.1) is 5.10 Å². The lowest BCUT2D eigenvalue weighted by Gasteiger charge is -2.11. The number of nitrogens with zero attached hydrogens (tertiary/aromatic N) is 3. The maximum absolute atomic E-state index is 9.57. The molecule has 1 fully saturated rings. The van der Waals surface area contributed by atoms with Gasteiger partial charge in [0.15, 0.2) is 0 Å². The van der Waals surface area contributed by atoms with Gasteiger partial charge in [-0.05, 0) is 6.42 Å². The number of hydrogen-bond donors (Lipinski definition) is 2. The van der Waals surface area contributed by atoms with Crippen molar-refractivity contribution in [3.05, 3.63) is 11.9 Å². The zero-order valence-electron chi connectivity index (χ0n) is 8.58. The molecule has 1 unspecified atom stereocenters. The van der Waals surface area contributed by atoms with Crippen LogP contribution in [0.1, 0.15) is 31.2 Å². The Bertz CT molecular complexity index is 328. The first-order chi connectivity index (χ1) is 7.22. The summed E-state index contributed by atoms with van der Waals surface area (Å²) >= 11 is 0. The van der Waals surface area contributed by atoms with Crippen molar-refractivity contribution in [3.63, 3.8) is 0 Å². The highest BCUT2D eigenvalue weighted by atomic mass is 16.5. The van der Waals surface area contributed by atoms with Crippen LogP contribution in [-0.4, -0.2) is 44.5 Å².